The summed E-state index contributed by atoms with van der Waals surface area (Å²) in [6.07, 6.45) is 2.47. The maximum Gasteiger partial charge on any atom is 0.325 e. The highest BCUT2D eigenvalue weighted by Gasteiger charge is 2.24. The second-order valence-corrected chi connectivity index (χ2v) is 3.83. The van der Waals surface area contributed by atoms with Crippen LogP contribution in [-0.2, 0) is 9.53 Å². The van der Waals surface area contributed by atoms with Gasteiger partial charge in [0.2, 0.25) is 0 Å². The first-order chi connectivity index (χ1) is 6.67. The van der Waals surface area contributed by atoms with Crippen molar-refractivity contribution < 1.29 is 14.7 Å². The van der Waals surface area contributed by atoms with Gasteiger partial charge in [0.15, 0.2) is 0 Å². The number of carbonyl (C=O) groups is 1. The number of rotatable bonds is 7. The van der Waals surface area contributed by atoms with E-state index in [-0.39, 0.29) is 6.00 Å². The number of ether oxygens (including phenoxy) is 1. The third kappa shape index (κ3) is 5.05. The van der Waals surface area contributed by atoms with E-state index in [1.165, 1.54) is 0 Å². The topological polar surface area (TPSA) is 49.8 Å². The van der Waals surface area contributed by atoms with Crippen LogP contribution < -0.4 is 0 Å². The van der Waals surface area contributed by atoms with Crippen LogP contribution in [-0.4, -0.2) is 46.9 Å². The molecule has 4 nitrogen and oxygen atoms in total. The summed E-state index contributed by atoms with van der Waals surface area (Å²) in [6, 6.07) is -0.752. The Morgan fingerprint density at radius 1 is 1.71 bits per heavy atom. The van der Waals surface area contributed by atoms with Crippen LogP contribution >= 0.6 is 23.4 Å². The van der Waals surface area contributed by atoms with E-state index in [9.17, 15) is 10.0 Å². The summed E-state index contributed by atoms with van der Waals surface area (Å²) >= 11 is 7.04. The minimum Gasteiger partial charge on any atom is -0.465 e. The van der Waals surface area contributed by atoms with Gasteiger partial charge in [0.1, 0.15) is 6.04 Å². The normalized spacial score (nSPS) is 12.9. The monoisotopic (exact) mass is 241 g/mol. The largest absolute Gasteiger partial charge is 0.465 e. The molecule has 0 fully saturated rings. The van der Waals surface area contributed by atoms with E-state index >= 15 is 0 Å². The van der Waals surface area contributed by atoms with Crippen LogP contribution in [0.2, 0.25) is 0 Å². The molecule has 0 amide bonds. The molecular weight excluding hydrogens is 226 g/mol. The first-order valence-corrected chi connectivity index (χ1v) is 6.27. The van der Waals surface area contributed by atoms with Crippen LogP contribution in [0.15, 0.2) is 0 Å². The second-order valence-electron chi connectivity index (χ2n) is 2.61. The summed E-state index contributed by atoms with van der Waals surface area (Å²) in [4.78, 5) is 11.4. The molecule has 1 atom stereocenters. The Hall–Kier alpha value is 0.0300. The molecule has 0 saturated carbocycles. The van der Waals surface area contributed by atoms with Gasteiger partial charge in [0.05, 0.1) is 12.6 Å². The molecule has 84 valence electrons. The quantitative estimate of drug-likeness (QED) is 0.317. The highest BCUT2D eigenvalue weighted by atomic mass is 35.5. The van der Waals surface area contributed by atoms with Gasteiger partial charge < -0.3 is 9.94 Å². The summed E-state index contributed by atoms with van der Waals surface area (Å²) < 4.78 is 4.82. The van der Waals surface area contributed by atoms with Gasteiger partial charge in [-0.3, -0.25) is 4.79 Å². The molecule has 0 radical (unpaired) electrons. The molecule has 6 heteroatoms. The third-order valence-corrected chi connectivity index (χ3v) is 2.53. The van der Waals surface area contributed by atoms with E-state index in [0.717, 1.165) is 10.8 Å². The average Bonchev–Trinajstić information content (AvgIpc) is 2.18. The highest BCUT2D eigenvalue weighted by Crippen LogP contribution is 2.09. The van der Waals surface area contributed by atoms with Crippen molar-refractivity contribution in [2.45, 2.75) is 19.4 Å². The minimum atomic E-state index is -0.653. The fraction of sp³-hybridized carbons (Fsp3) is 0.875. The van der Waals surface area contributed by atoms with Gasteiger partial charge in [0, 0.05) is 0 Å². The van der Waals surface area contributed by atoms with E-state index in [1.807, 2.05) is 6.26 Å². The van der Waals surface area contributed by atoms with Crippen molar-refractivity contribution in [1.82, 2.24) is 5.06 Å². The van der Waals surface area contributed by atoms with Crippen LogP contribution in [0.25, 0.3) is 0 Å². The first kappa shape index (κ1) is 14.0. The van der Waals surface area contributed by atoms with E-state index in [4.69, 9.17) is 16.3 Å². The molecule has 0 aromatic rings. The number of nitrogens with zero attached hydrogens (tertiary/aromatic N) is 1. The Bertz CT molecular complexity index is 171. The molecule has 14 heavy (non-hydrogen) atoms. The first-order valence-electron chi connectivity index (χ1n) is 4.34. The Labute approximate surface area is 93.5 Å². The fourth-order valence-electron chi connectivity index (χ4n) is 0.940. The van der Waals surface area contributed by atoms with Gasteiger partial charge in [0.25, 0.3) is 0 Å². The molecular formula is C8H16ClNO3S. The molecule has 1 unspecified atom stereocenters. The minimum absolute atomic E-state index is 0.0993. The molecule has 0 heterocycles. The summed E-state index contributed by atoms with van der Waals surface area (Å²) in [5.41, 5.74) is 0. The second kappa shape index (κ2) is 8.35. The molecule has 1 N–H and O–H groups in total. The molecule has 0 saturated heterocycles. The molecule has 0 aliphatic carbocycles. The van der Waals surface area contributed by atoms with Crippen molar-refractivity contribution in [3.05, 3.63) is 0 Å². The zero-order valence-corrected chi connectivity index (χ0v) is 9.98. The number of hydrogen-bond acceptors (Lipinski definition) is 5. The zero-order valence-electron chi connectivity index (χ0n) is 8.40. The maximum atomic E-state index is 11.4. The van der Waals surface area contributed by atoms with E-state index in [2.05, 4.69) is 0 Å². The molecule has 0 bridgehead atoms. The lowest BCUT2D eigenvalue weighted by Gasteiger charge is -2.21. The molecule has 0 aliphatic heterocycles. The van der Waals surface area contributed by atoms with Crippen LogP contribution in [0, 0.1) is 0 Å². The standard InChI is InChI=1S/C8H16ClNO3S/c1-3-13-8(11)7(4-5-14-2)10(12)6-9/h7,12H,3-6H2,1-2H3. The number of hydrogen-bond donors (Lipinski definition) is 1. The Balaban J connectivity index is 4.15. The van der Waals surface area contributed by atoms with E-state index in [1.54, 1.807) is 18.7 Å². The van der Waals surface area contributed by atoms with Crippen molar-refractivity contribution >= 4 is 29.3 Å². The van der Waals surface area contributed by atoms with Crippen molar-refractivity contribution in [2.75, 3.05) is 24.6 Å². The predicted octanol–water partition coefficient (Wildman–Crippen LogP) is 1.56. The highest BCUT2D eigenvalue weighted by molar-refractivity contribution is 7.98. The number of esters is 1. The van der Waals surface area contributed by atoms with E-state index in [0.29, 0.717) is 13.0 Å². The number of alkyl halides is 1. The molecule has 0 rings (SSSR count). The molecule has 0 aliphatic rings. The number of halogens is 1. The van der Waals surface area contributed by atoms with Gasteiger partial charge in [-0.1, -0.05) is 0 Å². The van der Waals surface area contributed by atoms with Gasteiger partial charge in [-0.05, 0) is 25.4 Å². The molecule has 0 aromatic carbocycles. The molecule has 0 aromatic heterocycles. The lowest BCUT2D eigenvalue weighted by molar-refractivity contribution is -0.170. The lowest BCUT2D eigenvalue weighted by Crippen LogP contribution is -2.40. The van der Waals surface area contributed by atoms with E-state index < -0.39 is 12.0 Å². The molecule has 0 spiro atoms. The third-order valence-electron chi connectivity index (χ3n) is 1.64. The van der Waals surface area contributed by atoms with Gasteiger partial charge >= 0.3 is 5.97 Å². The SMILES string of the molecule is CCOC(=O)C(CCSC)N(O)CCl. The lowest BCUT2D eigenvalue weighted by atomic mass is 10.2. The van der Waals surface area contributed by atoms with Crippen molar-refractivity contribution in [1.29, 1.82) is 0 Å². The number of hydroxylamine groups is 2. The predicted molar refractivity (Wildman–Crippen MR) is 57.8 cm³/mol. The maximum absolute atomic E-state index is 11.4. The summed E-state index contributed by atoms with van der Waals surface area (Å²) in [6.45, 7) is 2.04. The van der Waals surface area contributed by atoms with Crippen LogP contribution in [0.1, 0.15) is 13.3 Å². The van der Waals surface area contributed by atoms with Gasteiger partial charge in [-0.25, -0.2) is 0 Å². The Morgan fingerprint density at radius 2 is 2.36 bits per heavy atom. The number of carbonyl (C=O) groups excluding carboxylic acids is 1. The van der Waals surface area contributed by atoms with Crippen LogP contribution in [0.4, 0.5) is 0 Å². The zero-order chi connectivity index (χ0) is 11.0. The van der Waals surface area contributed by atoms with Crippen LogP contribution in [0.5, 0.6) is 0 Å². The summed E-state index contributed by atoms with van der Waals surface area (Å²) in [7, 11) is 0. The number of thioether (sulfide) groups is 1. The average molecular weight is 242 g/mol. The van der Waals surface area contributed by atoms with Crippen molar-refractivity contribution in [2.24, 2.45) is 0 Å². The van der Waals surface area contributed by atoms with Gasteiger partial charge in [-0.2, -0.15) is 16.8 Å². The van der Waals surface area contributed by atoms with Gasteiger partial charge in [-0.15, -0.1) is 11.6 Å². The summed E-state index contributed by atoms with van der Waals surface area (Å²) in [5.74, 6) is 0.349. The smallest absolute Gasteiger partial charge is 0.325 e. The Kier molecular flexibility index (Phi) is 8.37. The fourth-order valence-corrected chi connectivity index (χ4v) is 1.57. The van der Waals surface area contributed by atoms with Crippen LogP contribution in [0.3, 0.4) is 0 Å². The van der Waals surface area contributed by atoms with Crippen molar-refractivity contribution in [3.63, 3.8) is 0 Å². The Morgan fingerprint density at radius 3 is 2.79 bits per heavy atom. The summed E-state index contributed by atoms with van der Waals surface area (Å²) in [5, 5.41) is 10.1. The van der Waals surface area contributed by atoms with Crippen molar-refractivity contribution in [3.8, 4) is 0 Å².